The van der Waals surface area contributed by atoms with E-state index in [1.54, 1.807) is 85.0 Å². The second-order valence-electron chi connectivity index (χ2n) is 7.24. The fraction of sp³-hybridized carbons (Fsp3) is 0.0833. The summed E-state index contributed by atoms with van der Waals surface area (Å²) in [7, 11) is 1.71. The average molecular weight is 427 g/mol. The third-order valence-electron chi connectivity index (χ3n) is 5.15. The summed E-state index contributed by atoms with van der Waals surface area (Å²) in [6, 6.07) is 17.5. The monoisotopic (exact) mass is 427 g/mol. The van der Waals surface area contributed by atoms with Crippen LogP contribution in [-0.2, 0) is 6.54 Å². The summed E-state index contributed by atoms with van der Waals surface area (Å²) < 4.78 is 0. The largest absolute Gasteiger partial charge is 0.397 e. The first-order chi connectivity index (χ1) is 15.5. The Kier molecular flexibility index (Phi) is 5.67. The number of amides is 1. The lowest BCUT2D eigenvalue weighted by atomic mass is 10.1. The zero-order chi connectivity index (χ0) is 22.7. The Balaban J connectivity index is 1.43. The number of nitrogens with two attached hydrogens (primary N) is 1. The van der Waals surface area contributed by atoms with Crippen molar-refractivity contribution in [1.29, 1.82) is 0 Å². The van der Waals surface area contributed by atoms with Gasteiger partial charge < -0.3 is 21.3 Å². The summed E-state index contributed by atoms with van der Waals surface area (Å²) in [5.74, 6) is -0.273. The molecule has 4 rings (SSSR count). The van der Waals surface area contributed by atoms with Crippen LogP contribution in [0.4, 0.5) is 28.4 Å². The number of nitrogens with zero attached hydrogens (tertiary/aromatic N) is 2. The molecular formula is C24H21N5O3. The standard InChI is InChI=1S/C24H21N5O3/c1-29(17-5-4-12-26-14-17)21-20(22(30)23(21)31)27-13-15-8-10-16(11-9-15)24(32)28-19-7-3-2-6-18(19)25/h2-12,14,27H,13,25H2,1H3,(H,28,32). The molecule has 8 nitrogen and oxygen atoms in total. The van der Waals surface area contributed by atoms with Gasteiger partial charge in [-0.3, -0.25) is 19.4 Å². The molecule has 8 heteroatoms. The number of carbonyl (C=O) groups is 1. The van der Waals surface area contributed by atoms with Gasteiger partial charge in [0.25, 0.3) is 16.8 Å². The quantitative estimate of drug-likeness (QED) is 0.307. The first kappa shape index (κ1) is 20.8. The third-order valence-corrected chi connectivity index (χ3v) is 5.15. The SMILES string of the molecule is CN(c1cccnc1)c1c(NCc2ccc(C(=O)Nc3ccccc3N)cc2)c(=O)c1=O. The predicted octanol–water partition coefficient (Wildman–Crippen LogP) is 2.89. The van der Waals surface area contributed by atoms with Gasteiger partial charge in [-0.2, -0.15) is 0 Å². The third kappa shape index (κ3) is 4.06. The van der Waals surface area contributed by atoms with E-state index >= 15 is 0 Å². The molecule has 0 unspecified atom stereocenters. The summed E-state index contributed by atoms with van der Waals surface area (Å²) in [6.45, 7) is 0.326. The number of carbonyl (C=O) groups excluding carboxylic acids is 1. The van der Waals surface area contributed by atoms with E-state index < -0.39 is 10.9 Å². The molecule has 0 saturated carbocycles. The van der Waals surface area contributed by atoms with Crippen molar-refractivity contribution < 1.29 is 4.79 Å². The molecule has 4 N–H and O–H groups in total. The number of rotatable bonds is 7. The minimum Gasteiger partial charge on any atom is -0.397 e. The van der Waals surface area contributed by atoms with E-state index in [0.29, 0.717) is 34.9 Å². The van der Waals surface area contributed by atoms with E-state index in [2.05, 4.69) is 15.6 Å². The molecule has 0 saturated heterocycles. The number of nitrogens with one attached hydrogen (secondary N) is 2. The Bertz CT molecular complexity index is 1330. The van der Waals surface area contributed by atoms with Crippen LogP contribution in [0.5, 0.6) is 0 Å². The Hall–Kier alpha value is -4.46. The van der Waals surface area contributed by atoms with Crippen molar-refractivity contribution in [3.63, 3.8) is 0 Å². The minimum atomic E-state index is -0.549. The molecule has 4 aromatic rings. The molecule has 1 aromatic heterocycles. The summed E-state index contributed by atoms with van der Waals surface area (Å²) in [6.07, 6.45) is 3.25. The van der Waals surface area contributed by atoms with Gasteiger partial charge in [-0.05, 0) is 42.0 Å². The number of para-hydroxylation sites is 2. The molecule has 32 heavy (non-hydrogen) atoms. The van der Waals surface area contributed by atoms with Crippen LogP contribution in [0.3, 0.4) is 0 Å². The highest BCUT2D eigenvalue weighted by molar-refractivity contribution is 6.05. The van der Waals surface area contributed by atoms with Crippen LogP contribution < -0.4 is 32.1 Å². The highest BCUT2D eigenvalue weighted by atomic mass is 16.2. The van der Waals surface area contributed by atoms with Gasteiger partial charge in [0, 0.05) is 25.4 Å². The summed E-state index contributed by atoms with van der Waals surface area (Å²) >= 11 is 0. The predicted molar refractivity (Wildman–Crippen MR) is 126 cm³/mol. The lowest BCUT2D eigenvalue weighted by Gasteiger charge is -2.23. The maximum Gasteiger partial charge on any atom is 0.255 e. The van der Waals surface area contributed by atoms with E-state index in [1.165, 1.54) is 0 Å². The zero-order valence-corrected chi connectivity index (χ0v) is 17.3. The summed E-state index contributed by atoms with van der Waals surface area (Å²) in [5, 5.41) is 5.82. The van der Waals surface area contributed by atoms with Crippen LogP contribution in [0, 0.1) is 0 Å². The Morgan fingerprint density at radius 2 is 1.75 bits per heavy atom. The fourth-order valence-electron chi connectivity index (χ4n) is 3.31. The van der Waals surface area contributed by atoms with Gasteiger partial charge in [0.1, 0.15) is 11.4 Å². The molecule has 0 spiro atoms. The maximum absolute atomic E-state index is 12.4. The molecule has 0 fully saturated rings. The zero-order valence-electron chi connectivity index (χ0n) is 17.3. The first-order valence-corrected chi connectivity index (χ1v) is 9.91. The molecule has 1 heterocycles. The van der Waals surface area contributed by atoms with Crippen molar-refractivity contribution in [2.45, 2.75) is 6.54 Å². The Labute approximate surface area is 184 Å². The number of hydrogen-bond acceptors (Lipinski definition) is 7. The number of pyridine rings is 1. The molecule has 0 aliphatic rings. The van der Waals surface area contributed by atoms with Gasteiger partial charge in [0.05, 0.1) is 23.3 Å². The van der Waals surface area contributed by atoms with E-state index in [4.69, 9.17) is 5.73 Å². The second-order valence-corrected chi connectivity index (χ2v) is 7.24. The van der Waals surface area contributed by atoms with Gasteiger partial charge in [-0.25, -0.2) is 0 Å². The number of benzene rings is 2. The van der Waals surface area contributed by atoms with E-state index in [-0.39, 0.29) is 11.6 Å². The van der Waals surface area contributed by atoms with E-state index in [9.17, 15) is 14.4 Å². The molecule has 1 amide bonds. The maximum atomic E-state index is 12.4. The first-order valence-electron chi connectivity index (χ1n) is 9.91. The van der Waals surface area contributed by atoms with Gasteiger partial charge >= 0.3 is 0 Å². The molecule has 3 aromatic carbocycles. The molecule has 0 aliphatic carbocycles. The number of nitrogen functional groups attached to an aromatic ring is 1. The van der Waals surface area contributed by atoms with Crippen molar-refractivity contribution in [3.8, 4) is 0 Å². The lowest BCUT2D eigenvalue weighted by molar-refractivity contribution is 0.102. The van der Waals surface area contributed by atoms with E-state index in [1.807, 2.05) is 0 Å². The number of anilines is 5. The summed E-state index contributed by atoms with van der Waals surface area (Å²) in [5.41, 5.74) is 8.42. The van der Waals surface area contributed by atoms with Crippen molar-refractivity contribution >= 4 is 34.3 Å². The molecule has 0 atom stereocenters. The highest BCUT2D eigenvalue weighted by Gasteiger charge is 2.24. The van der Waals surface area contributed by atoms with Gasteiger partial charge in [-0.15, -0.1) is 0 Å². The van der Waals surface area contributed by atoms with E-state index in [0.717, 1.165) is 5.56 Å². The number of aromatic nitrogens is 1. The molecule has 0 radical (unpaired) electrons. The Morgan fingerprint density at radius 3 is 2.44 bits per heavy atom. The van der Waals surface area contributed by atoms with Crippen LogP contribution >= 0.6 is 0 Å². The lowest BCUT2D eigenvalue weighted by Crippen LogP contribution is -2.39. The smallest absolute Gasteiger partial charge is 0.255 e. The van der Waals surface area contributed by atoms with Crippen LogP contribution in [0.1, 0.15) is 15.9 Å². The van der Waals surface area contributed by atoms with Crippen molar-refractivity contribution in [1.82, 2.24) is 4.98 Å². The van der Waals surface area contributed by atoms with Crippen molar-refractivity contribution in [2.24, 2.45) is 0 Å². The minimum absolute atomic E-state index is 0.266. The molecule has 0 bridgehead atoms. The molecule has 0 aliphatic heterocycles. The van der Waals surface area contributed by atoms with Crippen molar-refractivity contribution in [2.75, 3.05) is 28.3 Å². The summed E-state index contributed by atoms with van der Waals surface area (Å²) in [4.78, 5) is 42.4. The van der Waals surface area contributed by atoms with Gasteiger partial charge in [-0.1, -0.05) is 24.3 Å². The van der Waals surface area contributed by atoms with Crippen LogP contribution in [0.2, 0.25) is 0 Å². The number of hydrogen-bond donors (Lipinski definition) is 3. The van der Waals surface area contributed by atoms with Gasteiger partial charge in [0.15, 0.2) is 0 Å². The molecular weight excluding hydrogens is 406 g/mol. The normalized spacial score (nSPS) is 10.7. The van der Waals surface area contributed by atoms with Crippen molar-refractivity contribution in [3.05, 3.63) is 105 Å². The Morgan fingerprint density at radius 1 is 1.00 bits per heavy atom. The topological polar surface area (TPSA) is 117 Å². The fourth-order valence-corrected chi connectivity index (χ4v) is 3.31. The average Bonchev–Trinajstić information content (AvgIpc) is 2.83. The molecule has 160 valence electrons. The van der Waals surface area contributed by atoms with Crippen LogP contribution in [0.15, 0.2) is 82.6 Å². The van der Waals surface area contributed by atoms with Gasteiger partial charge in [0.2, 0.25) is 0 Å². The van der Waals surface area contributed by atoms with Crippen LogP contribution in [0.25, 0.3) is 0 Å². The highest BCUT2D eigenvalue weighted by Crippen LogP contribution is 2.26. The second kappa shape index (κ2) is 8.73. The van der Waals surface area contributed by atoms with Crippen LogP contribution in [-0.4, -0.2) is 17.9 Å².